The fraction of sp³-hybridized carbons (Fsp3) is 0.478. The molecular formula is C23H37N3. The highest BCUT2D eigenvalue weighted by Crippen LogP contribution is 2.21. The third-order valence-electron chi connectivity index (χ3n) is 4.42. The van der Waals surface area contributed by atoms with Crippen LogP contribution in [-0.2, 0) is 19.4 Å². The van der Waals surface area contributed by atoms with E-state index in [1.165, 1.54) is 16.7 Å². The molecule has 0 radical (unpaired) electrons. The van der Waals surface area contributed by atoms with Gasteiger partial charge in [0.2, 0.25) is 0 Å². The van der Waals surface area contributed by atoms with Crippen LogP contribution in [0.1, 0.15) is 44.4 Å². The van der Waals surface area contributed by atoms with Gasteiger partial charge in [-0.05, 0) is 29.5 Å². The lowest BCUT2D eigenvalue weighted by Crippen LogP contribution is -2.39. The molecule has 0 amide bonds. The number of nitrogens with zero attached hydrogens (tertiary/aromatic N) is 1. The van der Waals surface area contributed by atoms with Gasteiger partial charge in [-0.1, -0.05) is 82.3 Å². The molecule has 0 saturated carbocycles. The Morgan fingerprint density at radius 3 is 1.96 bits per heavy atom. The van der Waals surface area contributed by atoms with Gasteiger partial charge in [-0.2, -0.15) is 0 Å². The van der Waals surface area contributed by atoms with Crippen molar-refractivity contribution in [3.8, 4) is 0 Å². The summed E-state index contributed by atoms with van der Waals surface area (Å²) in [6.45, 7) is 11.5. The first kappa shape index (κ1) is 22.4. The molecule has 0 saturated heterocycles. The van der Waals surface area contributed by atoms with E-state index in [1.54, 1.807) is 0 Å². The number of hydrogen-bond acceptors (Lipinski definition) is 3. The molecule has 0 atom stereocenters. The maximum atomic E-state index is 5.88. The Kier molecular flexibility index (Phi) is 11.6. The molecule has 26 heavy (non-hydrogen) atoms. The van der Waals surface area contributed by atoms with E-state index < -0.39 is 0 Å². The van der Waals surface area contributed by atoms with Gasteiger partial charge in [0.05, 0.1) is 0 Å². The summed E-state index contributed by atoms with van der Waals surface area (Å²) in [5.74, 6) is 0. The maximum Gasteiger partial charge on any atom is 0.0459 e. The van der Waals surface area contributed by atoms with E-state index in [1.807, 2.05) is 27.7 Å². The van der Waals surface area contributed by atoms with Gasteiger partial charge in [-0.25, -0.2) is 0 Å². The molecule has 0 aliphatic heterocycles. The zero-order chi connectivity index (χ0) is 19.2. The Morgan fingerprint density at radius 2 is 1.42 bits per heavy atom. The van der Waals surface area contributed by atoms with Gasteiger partial charge in [0.1, 0.15) is 0 Å². The lowest BCUT2D eigenvalue weighted by atomic mass is 10.1. The molecule has 0 bridgehead atoms. The third kappa shape index (κ3) is 7.28. The van der Waals surface area contributed by atoms with Crippen LogP contribution in [0.4, 0.5) is 0 Å². The molecule has 0 unspecified atom stereocenters. The van der Waals surface area contributed by atoms with Crippen LogP contribution in [0.3, 0.4) is 0 Å². The average molecular weight is 356 g/mol. The van der Waals surface area contributed by atoms with Crippen LogP contribution >= 0.6 is 0 Å². The Balaban J connectivity index is 0.000000791. The Hall–Kier alpha value is -1.68. The van der Waals surface area contributed by atoms with Crippen molar-refractivity contribution in [2.75, 3.05) is 19.8 Å². The molecule has 3 heteroatoms. The molecule has 0 fully saturated rings. The molecule has 144 valence electrons. The van der Waals surface area contributed by atoms with Crippen molar-refractivity contribution in [2.24, 2.45) is 5.73 Å². The molecule has 1 aliphatic carbocycles. The highest BCUT2D eigenvalue weighted by atomic mass is 15.2. The van der Waals surface area contributed by atoms with E-state index in [2.05, 4.69) is 64.8 Å². The highest BCUT2D eigenvalue weighted by Gasteiger charge is 2.20. The summed E-state index contributed by atoms with van der Waals surface area (Å²) >= 11 is 0. The molecule has 2 aromatic carbocycles. The maximum absolute atomic E-state index is 5.88. The summed E-state index contributed by atoms with van der Waals surface area (Å²) < 4.78 is 0. The Morgan fingerprint density at radius 1 is 0.885 bits per heavy atom. The van der Waals surface area contributed by atoms with E-state index in [9.17, 15) is 0 Å². The predicted molar refractivity (Wildman–Crippen MR) is 114 cm³/mol. The number of nitrogens with two attached hydrogens (primary N) is 1. The topological polar surface area (TPSA) is 41.3 Å². The average Bonchev–Trinajstić information content (AvgIpc) is 3.14. The molecule has 3 rings (SSSR count). The molecule has 3 N–H and O–H groups in total. The largest absolute Gasteiger partial charge is 0.318 e. The second-order valence-corrected chi connectivity index (χ2v) is 6.05. The lowest BCUT2D eigenvalue weighted by molar-refractivity contribution is 0.268. The zero-order valence-electron chi connectivity index (χ0n) is 17.0. The van der Waals surface area contributed by atoms with Crippen molar-refractivity contribution >= 4 is 0 Å². The van der Waals surface area contributed by atoms with Gasteiger partial charge in [-0.15, -0.1) is 0 Å². The van der Waals surface area contributed by atoms with Crippen molar-refractivity contribution in [3.63, 3.8) is 0 Å². The zero-order valence-corrected chi connectivity index (χ0v) is 17.0. The number of rotatable bonds is 7. The predicted octanol–water partition coefficient (Wildman–Crippen LogP) is 4.21. The van der Waals surface area contributed by atoms with E-state index in [0.29, 0.717) is 12.7 Å². The van der Waals surface area contributed by atoms with Crippen LogP contribution in [0.2, 0.25) is 0 Å². The first-order valence-corrected chi connectivity index (χ1v) is 10.1. The van der Waals surface area contributed by atoms with Gasteiger partial charge >= 0.3 is 0 Å². The minimum Gasteiger partial charge on any atom is -0.318 e. The molecule has 0 aromatic heterocycles. The van der Waals surface area contributed by atoms with Crippen LogP contribution < -0.4 is 11.1 Å². The first-order valence-electron chi connectivity index (χ1n) is 10.1. The van der Waals surface area contributed by atoms with Gasteiger partial charge in [0, 0.05) is 32.3 Å². The smallest absolute Gasteiger partial charge is 0.0459 e. The van der Waals surface area contributed by atoms with Gasteiger partial charge in [-0.3, -0.25) is 4.90 Å². The van der Waals surface area contributed by atoms with E-state index in [0.717, 1.165) is 32.5 Å². The summed E-state index contributed by atoms with van der Waals surface area (Å²) in [5.41, 5.74) is 10.2. The lowest BCUT2D eigenvalue weighted by Gasteiger charge is -2.21. The molecule has 1 aliphatic rings. The standard InChI is InChI=1S/C19H25N3.2C2H6/c20-15-22(14-16-6-2-1-3-7-16)11-10-21-19-12-17-8-4-5-9-18(17)13-19;2*1-2/h1-9,19,21H,10-15,20H2;2*1-2H3. The second-order valence-electron chi connectivity index (χ2n) is 6.05. The van der Waals surface area contributed by atoms with E-state index in [4.69, 9.17) is 5.73 Å². The SMILES string of the molecule is CC.CC.NCN(CCNC1Cc2ccccc2C1)Cc1ccccc1. The van der Waals surface area contributed by atoms with Crippen LogP contribution in [0.25, 0.3) is 0 Å². The van der Waals surface area contributed by atoms with Crippen LogP contribution in [-0.4, -0.2) is 30.7 Å². The molecule has 2 aromatic rings. The number of fused-ring (bicyclic) bond motifs is 1. The van der Waals surface area contributed by atoms with Crippen molar-refractivity contribution in [1.82, 2.24) is 10.2 Å². The molecule has 3 nitrogen and oxygen atoms in total. The van der Waals surface area contributed by atoms with Crippen molar-refractivity contribution in [3.05, 3.63) is 71.3 Å². The van der Waals surface area contributed by atoms with E-state index in [-0.39, 0.29) is 0 Å². The van der Waals surface area contributed by atoms with Crippen molar-refractivity contribution in [2.45, 2.75) is 53.1 Å². The number of benzene rings is 2. The monoisotopic (exact) mass is 355 g/mol. The fourth-order valence-electron chi connectivity index (χ4n) is 3.21. The third-order valence-corrected chi connectivity index (χ3v) is 4.42. The molecule has 0 spiro atoms. The fourth-order valence-corrected chi connectivity index (χ4v) is 3.21. The summed E-state index contributed by atoms with van der Waals surface area (Å²) in [5, 5.41) is 3.68. The quantitative estimate of drug-likeness (QED) is 0.731. The summed E-state index contributed by atoms with van der Waals surface area (Å²) in [7, 11) is 0. The Bertz CT molecular complexity index is 558. The van der Waals surface area contributed by atoms with Gasteiger partial charge in [0.15, 0.2) is 0 Å². The van der Waals surface area contributed by atoms with E-state index >= 15 is 0 Å². The van der Waals surface area contributed by atoms with Crippen LogP contribution in [0.5, 0.6) is 0 Å². The van der Waals surface area contributed by atoms with Gasteiger partial charge in [0.25, 0.3) is 0 Å². The minimum atomic E-state index is 0.578. The first-order chi connectivity index (χ1) is 12.8. The minimum absolute atomic E-state index is 0.578. The number of nitrogens with one attached hydrogen (secondary N) is 1. The summed E-state index contributed by atoms with van der Waals surface area (Å²) in [6.07, 6.45) is 2.30. The molecule has 0 heterocycles. The van der Waals surface area contributed by atoms with Gasteiger partial charge < -0.3 is 11.1 Å². The normalized spacial score (nSPS) is 12.7. The van der Waals surface area contributed by atoms with Crippen molar-refractivity contribution in [1.29, 1.82) is 0 Å². The van der Waals surface area contributed by atoms with Crippen LogP contribution in [0, 0.1) is 0 Å². The summed E-state index contributed by atoms with van der Waals surface area (Å²) in [6, 6.07) is 19.9. The number of hydrogen-bond donors (Lipinski definition) is 2. The molecular weight excluding hydrogens is 318 g/mol. The van der Waals surface area contributed by atoms with Crippen molar-refractivity contribution < 1.29 is 0 Å². The highest BCUT2D eigenvalue weighted by molar-refractivity contribution is 5.33. The van der Waals surface area contributed by atoms with Crippen LogP contribution in [0.15, 0.2) is 54.6 Å². The second kappa shape index (κ2) is 13.5. The summed E-state index contributed by atoms with van der Waals surface area (Å²) in [4.78, 5) is 2.28. The Labute approximate surface area is 160 Å².